The minimum atomic E-state index is -0.213. The number of halogens is 1. The quantitative estimate of drug-likeness (QED) is 0.915. The fourth-order valence-electron chi connectivity index (χ4n) is 3.22. The number of hydrogen-bond acceptors (Lipinski definition) is 5. The summed E-state index contributed by atoms with van der Waals surface area (Å²) in [7, 11) is 0. The number of pyridine rings is 1. The summed E-state index contributed by atoms with van der Waals surface area (Å²) in [4.78, 5) is 17.3. The van der Waals surface area contributed by atoms with Gasteiger partial charge in [0.25, 0.3) is 11.6 Å². The molecule has 0 bridgehead atoms. The molecular weight excluding hydrogens is 330 g/mol. The molecule has 24 heavy (non-hydrogen) atoms. The number of aromatic nitrogens is 2. The van der Waals surface area contributed by atoms with Gasteiger partial charge in [-0.3, -0.25) is 4.79 Å². The third kappa shape index (κ3) is 2.89. The Bertz CT molecular complexity index is 779. The molecule has 3 heterocycles. The van der Waals surface area contributed by atoms with Crippen LogP contribution >= 0.6 is 11.6 Å². The van der Waals surface area contributed by atoms with E-state index in [9.17, 15) is 4.79 Å². The Morgan fingerprint density at radius 3 is 2.88 bits per heavy atom. The van der Waals surface area contributed by atoms with E-state index in [0.29, 0.717) is 39.8 Å². The van der Waals surface area contributed by atoms with Crippen LogP contribution in [-0.2, 0) is 4.74 Å². The first-order chi connectivity index (χ1) is 11.6. The zero-order valence-corrected chi connectivity index (χ0v) is 14.4. The molecule has 1 N–H and O–H groups in total. The van der Waals surface area contributed by atoms with Crippen molar-refractivity contribution in [1.29, 1.82) is 0 Å². The SMILES string of the molecule is Cc1noc2nc(C3CC3)c(Cl)c(C(=O)NCC3CCCCO3)c12. The number of nitrogens with one attached hydrogen (secondary N) is 1. The average Bonchev–Trinajstić information content (AvgIpc) is 3.38. The first-order valence-corrected chi connectivity index (χ1v) is 8.88. The first kappa shape index (κ1) is 15.8. The minimum Gasteiger partial charge on any atom is -0.376 e. The molecule has 1 aliphatic carbocycles. The summed E-state index contributed by atoms with van der Waals surface area (Å²) in [5, 5.41) is 7.94. The summed E-state index contributed by atoms with van der Waals surface area (Å²) in [6.07, 6.45) is 5.36. The van der Waals surface area contributed by atoms with Gasteiger partial charge in [0, 0.05) is 19.1 Å². The van der Waals surface area contributed by atoms with Crippen molar-refractivity contribution in [3.05, 3.63) is 22.0 Å². The summed E-state index contributed by atoms with van der Waals surface area (Å²) in [6.45, 7) is 3.04. The van der Waals surface area contributed by atoms with Gasteiger partial charge in [0.2, 0.25) is 0 Å². The van der Waals surface area contributed by atoms with Gasteiger partial charge in [-0.15, -0.1) is 0 Å². The standard InChI is InChI=1S/C17H20ClN3O3/c1-9-12-13(16(22)19-8-11-4-2-3-7-23-11)14(18)15(10-5-6-10)20-17(12)24-21-9/h10-11H,2-8H2,1H3,(H,19,22). The van der Waals surface area contributed by atoms with Gasteiger partial charge in [-0.05, 0) is 39.0 Å². The number of ether oxygens (including phenoxy) is 1. The van der Waals surface area contributed by atoms with Gasteiger partial charge in [0.1, 0.15) is 0 Å². The number of carbonyl (C=O) groups is 1. The van der Waals surface area contributed by atoms with Crippen LogP contribution in [0.3, 0.4) is 0 Å². The van der Waals surface area contributed by atoms with Gasteiger partial charge >= 0.3 is 0 Å². The second-order valence-corrected chi connectivity index (χ2v) is 6.99. The second kappa shape index (κ2) is 6.33. The Morgan fingerprint density at radius 2 is 2.17 bits per heavy atom. The van der Waals surface area contributed by atoms with Crippen molar-refractivity contribution in [3.8, 4) is 0 Å². The van der Waals surface area contributed by atoms with E-state index >= 15 is 0 Å². The average molecular weight is 350 g/mol. The van der Waals surface area contributed by atoms with Crippen molar-refractivity contribution in [2.24, 2.45) is 0 Å². The summed E-state index contributed by atoms with van der Waals surface area (Å²) in [5.41, 5.74) is 2.19. The summed E-state index contributed by atoms with van der Waals surface area (Å²) in [6, 6.07) is 0. The molecule has 1 aliphatic heterocycles. The zero-order valence-electron chi connectivity index (χ0n) is 13.6. The summed E-state index contributed by atoms with van der Waals surface area (Å²) in [5.74, 6) is 0.107. The van der Waals surface area contributed by atoms with Crippen LogP contribution in [0.1, 0.15) is 59.8 Å². The normalized spacial score (nSPS) is 21.2. The lowest BCUT2D eigenvalue weighted by Gasteiger charge is -2.23. The molecule has 0 aromatic carbocycles. The molecule has 2 aliphatic rings. The fourth-order valence-corrected chi connectivity index (χ4v) is 3.60. The lowest BCUT2D eigenvalue weighted by atomic mass is 10.1. The predicted molar refractivity (Wildman–Crippen MR) is 89.5 cm³/mol. The van der Waals surface area contributed by atoms with E-state index in [2.05, 4.69) is 15.5 Å². The van der Waals surface area contributed by atoms with Gasteiger partial charge in [0.05, 0.1) is 33.5 Å². The largest absolute Gasteiger partial charge is 0.376 e. The van der Waals surface area contributed by atoms with Crippen LogP contribution in [0.4, 0.5) is 0 Å². The molecule has 2 fully saturated rings. The van der Waals surface area contributed by atoms with Crippen molar-refractivity contribution < 1.29 is 14.1 Å². The number of rotatable bonds is 4. The Labute approximate surface area is 144 Å². The Hall–Kier alpha value is -1.66. The Kier molecular flexibility index (Phi) is 4.18. The Balaban J connectivity index is 1.64. The Morgan fingerprint density at radius 1 is 1.33 bits per heavy atom. The van der Waals surface area contributed by atoms with Gasteiger partial charge in [-0.25, -0.2) is 4.98 Å². The molecule has 0 radical (unpaired) electrons. The van der Waals surface area contributed by atoms with Crippen LogP contribution in [0, 0.1) is 6.92 Å². The van der Waals surface area contributed by atoms with Gasteiger partial charge in [-0.1, -0.05) is 16.8 Å². The van der Waals surface area contributed by atoms with Crippen molar-refractivity contribution in [2.75, 3.05) is 13.2 Å². The van der Waals surface area contributed by atoms with Gasteiger partial charge < -0.3 is 14.6 Å². The summed E-state index contributed by atoms with van der Waals surface area (Å²) < 4.78 is 11.0. The fraction of sp³-hybridized carbons (Fsp3) is 0.588. The van der Waals surface area contributed by atoms with Crippen LogP contribution in [0.2, 0.25) is 5.02 Å². The summed E-state index contributed by atoms with van der Waals surface area (Å²) >= 11 is 6.54. The van der Waals surface area contributed by atoms with E-state index < -0.39 is 0 Å². The van der Waals surface area contributed by atoms with E-state index in [0.717, 1.165) is 44.4 Å². The van der Waals surface area contributed by atoms with Crippen LogP contribution in [0.15, 0.2) is 4.52 Å². The molecule has 6 nitrogen and oxygen atoms in total. The second-order valence-electron chi connectivity index (χ2n) is 6.61. The van der Waals surface area contributed by atoms with Crippen LogP contribution in [0.25, 0.3) is 11.1 Å². The van der Waals surface area contributed by atoms with E-state index in [1.165, 1.54) is 0 Å². The van der Waals surface area contributed by atoms with Crippen molar-refractivity contribution in [1.82, 2.24) is 15.5 Å². The molecule has 1 saturated carbocycles. The molecule has 2 aromatic rings. The lowest BCUT2D eigenvalue weighted by molar-refractivity contribution is 0.0169. The van der Waals surface area contributed by atoms with Crippen molar-refractivity contribution in [3.63, 3.8) is 0 Å². The van der Waals surface area contributed by atoms with E-state index in [-0.39, 0.29) is 12.0 Å². The van der Waals surface area contributed by atoms with Crippen LogP contribution in [0.5, 0.6) is 0 Å². The van der Waals surface area contributed by atoms with Crippen molar-refractivity contribution >= 4 is 28.6 Å². The highest BCUT2D eigenvalue weighted by Crippen LogP contribution is 2.44. The van der Waals surface area contributed by atoms with Crippen LogP contribution in [-0.4, -0.2) is 35.3 Å². The third-order valence-corrected chi connectivity index (χ3v) is 5.10. The maximum absolute atomic E-state index is 12.8. The highest BCUT2D eigenvalue weighted by atomic mass is 35.5. The lowest BCUT2D eigenvalue weighted by Crippen LogP contribution is -2.35. The predicted octanol–water partition coefficient (Wildman–Crippen LogP) is 3.36. The zero-order chi connectivity index (χ0) is 16.7. The number of aryl methyl sites for hydroxylation is 1. The molecule has 128 valence electrons. The number of amides is 1. The third-order valence-electron chi connectivity index (χ3n) is 4.72. The molecule has 1 unspecified atom stereocenters. The topological polar surface area (TPSA) is 77.2 Å². The smallest absolute Gasteiger partial charge is 0.259 e. The molecule has 7 heteroatoms. The number of fused-ring (bicyclic) bond motifs is 1. The molecular formula is C17H20ClN3O3. The molecule has 1 atom stereocenters. The van der Waals surface area contributed by atoms with Gasteiger partial charge in [0.15, 0.2) is 0 Å². The maximum atomic E-state index is 12.8. The molecule has 4 rings (SSSR count). The highest BCUT2D eigenvalue weighted by molar-refractivity contribution is 6.36. The van der Waals surface area contributed by atoms with E-state index in [4.69, 9.17) is 20.9 Å². The number of carbonyl (C=O) groups excluding carboxylic acids is 1. The first-order valence-electron chi connectivity index (χ1n) is 8.50. The molecule has 1 amide bonds. The maximum Gasteiger partial charge on any atom is 0.259 e. The monoisotopic (exact) mass is 349 g/mol. The molecule has 2 aromatic heterocycles. The van der Waals surface area contributed by atoms with Crippen LogP contribution < -0.4 is 5.32 Å². The van der Waals surface area contributed by atoms with E-state index in [1.807, 2.05) is 0 Å². The minimum absolute atomic E-state index is 0.0743. The van der Waals surface area contributed by atoms with Crippen molar-refractivity contribution in [2.45, 2.75) is 51.0 Å². The number of hydrogen-bond donors (Lipinski definition) is 1. The molecule has 1 saturated heterocycles. The molecule has 0 spiro atoms. The highest BCUT2D eigenvalue weighted by Gasteiger charge is 2.32. The van der Waals surface area contributed by atoms with Gasteiger partial charge in [-0.2, -0.15) is 0 Å². The van der Waals surface area contributed by atoms with E-state index in [1.54, 1.807) is 6.92 Å². The number of nitrogens with zero attached hydrogens (tertiary/aromatic N) is 2.